The Kier molecular flexibility index (Phi) is 4.09. The van der Waals surface area contributed by atoms with Crippen LogP contribution in [0, 0.1) is 0 Å². The molecule has 2 heterocycles. The van der Waals surface area contributed by atoms with Crippen LogP contribution >= 0.6 is 0 Å². The maximum Gasteiger partial charge on any atom is 0.259 e. The van der Waals surface area contributed by atoms with E-state index in [1.54, 1.807) is 30.3 Å². The summed E-state index contributed by atoms with van der Waals surface area (Å²) in [7, 11) is 0. The van der Waals surface area contributed by atoms with Crippen molar-refractivity contribution >= 4 is 22.9 Å². The van der Waals surface area contributed by atoms with E-state index in [9.17, 15) is 4.79 Å². The first kappa shape index (κ1) is 15.6. The normalized spacial score (nSPS) is 15.4. The number of rotatable bonds is 3. The lowest BCUT2D eigenvalue weighted by molar-refractivity contribution is 0.102. The number of nitrogens with zero attached hydrogens (tertiary/aromatic N) is 3. The van der Waals surface area contributed by atoms with E-state index in [0.717, 1.165) is 18.7 Å². The van der Waals surface area contributed by atoms with E-state index >= 15 is 0 Å². The summed E-state index contributed by atoms with van der Waals surface area (Å²) >= 11 is 0. The third kappa shape index (κ3) is 3.07. The average molecular weight is 335 g/mol. The first-order chi connectivity index (χ1) is 12.2. The van der Waals surface area contributed by atoms with Gasteiger partial charge in [0.15, 0.2) is 5.65 Å². The van der Waals surface area contributed by atoms with Crippen LogP contribution in [0.25, 0.3) is 5.65 Å². The zero-order valence-corrected chi connectivity index (χ0v) is 14.0. The number of fused-ring (bicyclic) bond motifs is 1. The van der Waals surface area contributed by atoms with Crippen LogP contribution in [0.5, 0.6) is 0 Å². The third-order valence-electron chi connectivity index (χ3n) is 4.84. The van der Waals surface area contributed by atoms with Crippen molar-refractivity contribution in [3.63, 3.8) is 0 Å². The first-order valence-corrected chi connectivity index (χ1v) is 8.73. The molecule has 0 radical (unpaired) electrons. The summed E-state index contributed by atoms with van der Waals surface area (Å²) in [5.74, 6) is 1.20. The SMILES string of the molecule is Nc1ccc(NC(=O)c2cccn3c(C4CCCCC4)nnc23)cc1. The zero-order chi connectivity index (χ0) is 17.2. The highest BCUT2D eigenvalue weighted by atomic mass is 16.1. The Labute approximate surface area is 146 Å². The maximum atomic E-state index is 12.7. The van der Waals surface area contributed by atoms with Crippen LogP contribution in [-0.2, 0) is 0 Å². The fraction of sp³-hybridized carbons (Fsp3) is 0.316. The summed E-state index contributed by atoms with van der Waals surface area (Å²) in [6.07, 6.45) is 7.99. The maximum absolute atomic E-state index is 12.7. The van der Waals surface area contributed by atoms with E-state index < -0.39 is 0 Å². The number of hydrogen-bond donors (Lipinski definition) is 2. The van der Waals surface area contributed by atoms with Crippen molar-refractivity contribution in [2.45, 2.75) is 38.0 Å². The minimum Gasteiger partial charge on any atom is -0.399 e. The van der Waals surface area contributed by atoms with E-state index in [-0.39, 0.29) is 5.91 Å². The largest absolute Gasteiger partial charge is 0.399 e. The van der Waals surface area contributed by atoms with Gasteiger partial charge < -0.3 is 11.1 Å². The van der Waals surface area contributed by atoms with Gasteiger partial charge in [-0.3, -0.25) is 9.20 Å². The average Bonchev–Trinajstić information content (AvgIpc) is 3.08. The lowest BCUT2D eigenvalue weighted by Crippen LogP contribution is -2.14. The van der Waals surface area contributed by atoms with Crippen molar-refractivity contribution < 1.29 is 4.79 Å². The number of nitrogens with two attached hydrogens (primary N) is 1. The molecule has 0 spiro atoms. The molecule has 1 fully saturated rings. The number of carbonyl (C=O) groups excluding carboxylic acids is 1. The van der Waals surface area contributed by atoms with Crippen molar-refractivity contribution in [3.8, 4) is 0 Å². The molecule has 0 bridgehead atoms. The number of aromatic nitrogens is 3. The molecule has 128 valence electrons. The van der Waals surface area contributed by atoms with Gasteiger partial charge in [0.25, 0.3) is 5.91 Å². The summed E-state index contributed by atoms with van der Waals surface area (Å²) in [4.78, 5) is 12.7. The highest BCUT2D eigenvalue weighted by Crippen LogP contribution is 2.32. The number of nitrogen functional groups attached to an aromatic ring is 1. The van der Waals surface area contributed by atoms with Crippen LogP contribution in [0.1, 0.15) is 54.2 Å². The summed E-state index contributed by atoms with van der Waals surface area (Å²) in [5, 5.41) is 11.6. The summed E-state index contributed by atoms with van der Waals surface area (Å²) in [5.41, 5.74) is 8.18. The van der Waals surface area contributed by atoms with Crippen LogP contribution in [0.15, 0.2) is 42.6 Å². The molecule has 4 rings (SSSR count). The molecule has 1 aliphatic carbocycles. The van der Waals surface area contributed by atoms with Gasteiger partial charge in [-0.05, 0) is 49.2 Å². The fourth-order valence-corrected chi connectivity index (χ4v) is 3.52. The number of anilines is 2. The van der Waals surface area contributed by atoms with Crippen LogP contribution in [0.4, 0.5) is 11.4 Å². The second kappa shape index (κ2) is 6.55. The Morgan fingerprint density at radius 2 is 1.84 bits per heavy atom. The quantitative estimate of drug-likeness (QED) is 0.716. The molecular formula is C19H21N5O. The predicted molar refractivity (Wildman–Crippen MR) is 97.6 cm³/mol. The molecule has 6 heteroatoms. The third-order valence-corrected chi connectivity index (χ3v) is 4.84. The highest BCUT2D eigenvalue weighted by Gasteiger charge is 2.22. The van der Waals surface area contributed by atoms with Crippen molar-refractivity contribution in [1.82, 2.24) is 14.6 Å². The molecule has 3 N–H and O–H groups in total. The molecule has 3 aromatic rings. The zero-order valence-electron chi connectivity index (χ0n) is 14.0. The highest BCUT2D eigenvalue weighted by molar-refractivity contribution is 6.08. The van der Waals surface area contributed by atoms with Crippen molar-refractivity contribution in [2.24, 2.45) is 0 Å². The van der Waals surface area contributed by atoms with E-state index in [1.165, 1.54) is 19.3 Å². The predicted octanol–water partition coefficient (Wildman–Crippen LogP) is 3.61. The van der Waals surface area contributed by atoms with Crippen LogP contribution in [0.2, 0.25) is 0 Å². The standard InChI is InChI=1S/C19H21N5O/c20-14-8-10-15(11-9-14)21-19(25)16-7-4-12-24-17(22-23-18(16)24)13-5-2-1-3-6-13/h4,7-13H,1-3,5-6,20H2,(H,21,25). The molecule has 6 nitrogen and oxygen atoms in total. The lowest BCUT2D eigenvalue weighted by Gasteiger charge is -2.19. The number of amides is 1. The van der Waals surface area contributed by atoms with Crippen LogP contribution in [-0.4, -0.2) is 20.5 Å². The van der Waals surface area contributed by atoms with Gasteiger partial charge in [0.05, 0.1) is 5.56 Å². The van der Waals surface area contributed by atoms with Gasteiger partial charge in [-0.25, -0.2) is 0 Å². The first-order valence-electron chi connectivity index (χ1n) is 8.73. The fourth-order valence-electron chi connectivity index (χ4n) is 3.52. The molecule has 0 unspecified atom stereocenters. The molecular weight excluding hydrogens is 314 g/mol. The number of benzene rings is 1. The lowest BCUT2D eigenvalue weighted by atomic mass is 9.89. The number of nitrogens with one attached hydrogen (secondary N) is 1. The molecule has 0 atom stereocenters. The number of hydrogen-bond acceptors (Lipinski definition) is 4. The van der Waals surface area contributed by atoms with Gasteiger partial charge in [0.2, 0.25) is 0 Å². The van der Waals surface area contributed by atoms with Gasteiger partial charge in [-0.15, -0.1) is 10.2 Å². The molecule has 1 aliphatic rings. The second-order valence-electron chi connectivity index (χ2n) is 6.58. The Morgan fingerprint density at radius 3 is 2.60 bits per heavy atom. The topological polar surface area (TPSA) is 85.3 Å². The molecule has 1 aromatic carbocycles. The van der Waals surface area contributed by atoms with Crippen molar-refractivity contribution in [1.29, 1.82) is 0 Å². The molecule has 1 amide bonds. The Hall–Kier alpha value is -2.89. The van der Waals surface area contributed by atoms with Crippen molar-refractivity contribution in [3.05, 3.63) is 54.0 Å². The summed E-state index contributed by atoms with van der Waals surface area (Å²) in [6.45, 7) is 0. The number of pyridine rings is 1. The molecule has 1 saturated carbocycles. The minimum atomic E-state index is -0.196. The molecule has 25 heavy (non-hydrogen) atoms. The van der Waals surface area contributed by atoms with Crippen LogP contribution < -0.4 is 11.1 Å². The van der Waals surface area contributed by atoms with Gasteiger partial charge in [-0.2, -0.15) is 0 Å². The van der Waals surface area contributed by atoms with E-state index in [0.29, 0.717) is 28.5 Å². The Morgan fingerprint density at radius 1 is 1.08 bits per heavy atom. The molecule has 2 aromatic heterocycles. The van der Waals surface area contributed by atoms with Crippen molar-refractivity contribution in [2.75, 3.05) is 11.1 Å². The van der Waals surface area contributed by atoms with Gasteiger partial charge in [0, 0.05) is 23.5 Å². The van der Waals surface area contributed by atoms with Gasteiger partial charge in [0.1, 0.15) is 5.82 Å². The Balaban J connectivity index is 1.64. The Bertz CT molecular complexity index is 894. The number of carbonyl (C=O) groups is 1. The van der Waals surface area contributed by atoms with Gasteiger partial charge >= 0.3 is 0 Å². The van der Waals surface area contributed by atoms with Gasteiger partial charge in [-0.1, -0.05) is 19.3 Å². The summed E-state index contributed by atoms with van der Waals surface area (Å²) in [6, 6.07) is 10.7. The van der Waals surface area contributed by atoms with E-state index in [4.69, 9.17) is 5.73 Å². The smallest absolute Gasteiger partial charge is 0.259 e. The van der Waals surface area contributed by atoms with E-state index in [1.807, 2.05) is 16.7 Å². The summed E-state index contributed by atoms with van der Waals surface area (Å²) < 4.78 is 1.97. The van der Waals surface area contributed by atoms with Crippen LogP contribution in [0.3, 0.4) is 0 Å². The van der Waals surface area contributed by atoms with E-state index in [2.05, 4.69) is 15.5 Å². The molecule has 0 saturated heterocycles. The molecule has 0 aliphatic heterocycles. The minimum absolute atomic E-state index is 0.196. The second-order valence-corrected chi connectivity index (χ2v) is 6.58. The monoisotopic (exact) mass is 335 g/mol.